The summed E-state index contributed by atoms with van der Waals surface area (Å²) < 4.78 is 10.5. The van der Waals surface area contributed by atoms with Gasteiger partial charge in [0.25, 0.3) is 0 Å². The first-order chi connectivity index (χ1) is 10.2. The Hall–Kier alpha value is -2.20. The van der Waals surface area contributed by atoms with Gasteiger partial charge < -0.3 is 9.47 Å². The van der Waals surface area contributed by atoms with E-state index in [1.54, 1.807) is 20.4 Å². The fourth-order valence-corrected chi connectivity index (χ4v) is 2.01. The van der Waals surface area contributed by atoms with Crippen LogP contribution < -0.4 is 14.9 Å². The fourth-order valence-electron chi connectivity index (χ4n) is 1.84. The molecule has 0 spiro atoms. The zero-order chi connectivity index (χ0) is 15.2. The summed E-state index contributed by atoms with van der Waals surface area (Å²) in [5.41, 5.74) is 5.62. The predicted octanol–water partition coefficient (Wildman–Crippen LogP) is 4.11. The Morgan fingerprint density at radius 1 is 1.14 bits per heavy atom. The van der Waals surface area contributed by atoms with Crippen LogP contribution in [0.25, 0.3) is 0 Å². The van der Waals surface area contributed by atoms with Crippen molar-refractivity contribution in [1.29, 1.82) is 0 Å². The number of hydrogen-bond acceptors (Lipinski definition) is 4. The van der Waals surface area contributed by atoms with Gasteiger partial charge >= 0.3 is 0 Å². The van der Waals surface area contributed by atoms with Gasteiger partial charge in [0.2, 0.25) is 0 Å². The van der Waals surface area contributed by atoms with Crippen LogP contribution in [0.15, 0.2) is 41.5 Å². The minimum absolute atomic E-state index is 0.703. The van der Waals surface area contributed by atoms with Gasteiger partial charge in [-0.05, 0) is 42.8 Å². The molecule has 0 saturated heterocycles. The van der Waals surface area contributed by atoms with Crippen molar-refractivity contribution >= 4 is 23.5 Å². The number of rotatable bonds is 5. The molecule has 0 aromatic heterocycles. The quantitative estimate of drug-likeness (QED) is 0.667. The molecule has 2 aromatic carbocycles. The maximum atomic E-state index is 6.07. The molecular weight excluding hydrogens is 288 g/mol. The van der Waals surface area contributed by atoms with Gasteiger partial charge in [-0.25, -0.2) is 0 Å². The number of anilines is 1. The van der Waals surface area contributed by atoms with Gasteiger partial charge in [0.15, 0.2) is 0 Å². The van der Waals surface area contributed by atoms with Crippen LogP contribution in [0.2, 0.25) is 5.02 Å². The first-order valence-electron chi connectivity index (χ1n) is 6.42. The van der Waals surface area contributed by atoms with Gasteiger partial charge in [-0.15, -0.1) is 0 Å². The Labute approximate surface area is 129 Å². The minimum Gasteiger partial charge on any atom is -0.497 e. The normalized spacial score (nSPS) is 10.7. The standard InChI is InChI=1S/C16H17ClN2O2/c1-11-14(17)5-4-6-15(11)19-18-10-12-9-13(20-2)7-8-16(12)21-3/h4-10,19H,1-3H3. The largest absolute Gasteiger partial charge is 0.497 e. The maximum absolute atomic E-state index is 6.07. The first-order valence-corrected chi connectivity index (χ1v) is 6.79. The minimum atomic E-state index is 0.703. The van der Waals surface area contributed by atoms with Crippen molar-refractivity contribution in [3.05, 3.63) is 52.5 Å². The Morgan fingerprint density at radius 2 is 1.95 bits per heavy atom. The Kier molecular flexibility index (Phi) is 5.06. The van der Waals surface area contributed by atoms with Gasteiger partial charge in [-0.3, -0.25) is 5.43 Å². The number of hydrazone groups is 1. The van der Waals surface area contributed by atoms with E-state index < -0.39 is 0 Å². The van der Waals surface area contributed by atoms with Crippen molar-refractivity contribution in [1.82, 2.24) is 0 Å². The lowest BCUT2D eigenvalue weighted by molar-refractivity contribution is 0.402. The number of hydrogen-bond donors (Lipinski definition) is 1. The zero-order valence-electron chi connectivity index (χ0n) is 12.2. The van der Waals surface area contributed by atoms with Crippen molar-refractivity contribution in [3.8, 4) is 11.5 Å². The summed E-state index contributed by atoms with van der Waals surface area (Å²) in [6, 6.07) is 11.2. The summed E-state index contributed by atoms with van der Waals surface area (Å²) in [4.78, 5) is 0. The van der Waals surface area contributed by atoms with Crippen LogP contribution in [0, 0.1) is 6.92 Å². The monoisotopic (exact) mass is 304 g/mol. The van der Waals surface area contributed by atoms with Gasteiger partial charge in [0.1, 0.15) is 11.5 Å². The average Bonchev–Trinajstić information content (AvgIpc) is 2.51. The molecule has 110 valence electrons. The second-order valence-corrected chi connectivity index (χ2v) is 4.80. The fraction of sp³-hybridized carbons (Fsp3) is 0.188. The number of halogens is 1. The highest BCUT2D eigenvalue weighted by molar-refractivity contribution is 6.31. The van der Waals surface area contributed by atoms with E-state index in [-0.39, 0.29) is 0 Å². The second kappa shape index (κ2) is 6.99. The van der Waals surface area contributed by atoms with Crippen LogP contribution in [0.5, 0.6) is 11.5 Å². The molecule has 0 aliphatic rings. The predicted molar refractivity (Wildman–Crippen MR) is 87.0 cm³/mol. The molecule has 0 unspecified atom stereocenters. The lowest BCUT2D eigenvalue weighted by Gasteiger charge is -2.08. The van der Waals surface area contributed by atoms with Crippen LogP contribution >= 0.6 is 11.6 Å². The first kappa shape index (κ1) is 15.2. The molecule has 0 saturated carbocycles. The maximum Gasteiger partial charge on any atom is 0.127 e. The van der Waals surface area contributed by atoms with Crippen molar-refractivity contribution in [2.24, 2.45) is 5.10 Å². The van der Waals surface area contributed by atoms with E-state index in [1.165, 1.54) is 0 Å². The van der Waals surface area contributed by atoms with Crippen molar-refractivity contribution < 1.29 is 9.47 Å². The third kappa shape index (κ3) is 3.67. The molecule has 0 heterocycles. The third-order valence-corrected chi connectivity index (χ3v) is 3.50. The van der Waals surface area contributed by atoms with Crippen molar-refractivity contribution in [2.75, 3.05) is 19.6 Å². The SMILES string of the molecule is COc1ccc(OC)c(C=NNc2cccc(Cl)c2C)c1. The van der Waals surface area contributed by atoms with E-state index in [0.717, 1.165) is 28.3 Å². The molecule has 2 rings (SSSR count). The van der Waals surface area contributed by atoms with Gasteiger partial charge in [0, 0.05) is 10.6 Å². The second-order valence-electron chi connectivity index (χ2n) is 4.39. The van der Waals surface area contributed by atoms with E-state index >= 15 is 0 Å². The molecule has 21 heavy (non-hydrogen) atoms. The van der Waals surface area contributed by atoms with Gasteiger partial charge in [-0.1, -0.05) is 17.7 Å². The molecule has 0 bridgehead atoms. The molecule has 2 aromatic rings. The number of benzene rings is 2. The van der Waals surface area contributed by atoms with Crippen LogP contribution in [0.3, 0.4) is 0 Å². The Bertz CT molecular complexity index is 657. The number of methoxy groups -OCH3 is 2. The molecule has 0 aliphatic carbocycles. The van der Waals surface area contributed by atoms with E-state index in [2.05, 4.69) is 10.5 Å². The summed E-state index contributed by atoms with van der Waals surface area (Å²) in [5.74, 6) is 1.47. The van der Waals surface area contributed by atoms with Crippen molar-refractivity contribution in [2.45, 2.75) is 6.92 Å². The molecule has 0 atom stereocenters. The van der Waals surface area contributed by atoms with Crippen LogP contribution in [0.1, 0.15) is 11.1 Å². The average molecular weight is 305 g/mol. The molecule has 0 radical (unpaired) electrons. The molecule has 0 amide bonds. The Balaban J connectivity index is 2.19. The van der Waals surface area contributed by atoms with Crippen molar-refractivity contribution in [3.63, 3.8) is 0 Å². The summed E-state index contributed by atoms with van der Waals surface area (Å²) in [6.07, 6.45) is 1.68. The summed E-state index contributed by atoms with van der Waals surface area (Å²) in [5, 5.41) is 4.93. The molecule has 5 heteroatoms. The Morgan fingerprint density at radius 3 is 2.67 bits per heavy atom. The zero-order valence-corrected chi connectivity index (χ0v) is 12.9. The number of nitrogens with one attached hydrogen (secondary N) is 1. The summed E-state index contributed by atoms with van der Waals surface area (Å²) >= 11 is 6.07. The van der Waals surface area contributed by atoms with E-state index in [0.29, 0.717) is 5.02 Å². The molecule has 0 fully saturated rings. The highest BCUT2D eigenvalue weighted by atomic mass is 35.5. The molecule has 1 N–H and O–H groups in total. The summed E-state index contributed by atoms with van der Waals surface area (Å²) in [7, 11) is 3.24. The van der Waals surface area contributed by atoms with Crippen LogP contribution in [-0.4, -0.2) is 20.4 Å². The van der Waals surface area contributed by atoms with Crippen LogP contribution in [-0.2, 0) is 0 Å². The van der Waals surface area contributed by atoms with Crippen LogP contribution in [0.4, 0.5) is 5.69 Å². The third-order valence-electron chi connectivity index (χ3n) is 3.09. The molecular formula is C16H17ClN2O2. The topological polar surface area (TPSA) is 42.9 Å². The number of nitrogens with zero attached hydrogens (tertiary/aromatic N) is 1. The van der Waals surface area contributed by atoms with E-state index in [1.807, 2.05) is 43.3 Å². The van der Waals surface area contributed by atoms with E-state index in [4.69, 9.17) is 21.1 Å². The molecule has 0 aliphatic heterocycles. The smallest absolute Gasteiger partial charge is 0.127 e. The van der Waals surface area contributed by atoms with E-state index in [9.17, 15) is 0 Å². The highest BCUT2D eigenvalue weighted by Crippen LogP contribution is 2.24. The van der Waals surface area contributed by atoms with Gasteiger partial charge in [0.05, 0.1) is 26.1 Å². The highest BCUT2D eigenvalue weighted by Gasteiger charge is 2.03. The lowest BCUT2D eigenvalue weighted by atomic mass is 10.2. The number of ether oxygens (including phenoxy) is 2. The summed E-state index contributed by atoms with van der Waals surface area (Å²) in [6.45, 7) is 1.94. The lowest BCUT2D eigenvalue weighted by Crippen LogP contribution is -1.96. The molecule has 4 nitrogen and oxygen atoms in total. The van der Waals surface area contributed by atoms with Gasteiger partial charge in [-0.2, -0.15) is 5.10 Å².